The molecule has 4 nitrogen and oxygen atoms in total. The Kier molecular flexibility index (Phi) is 6.15. The minimum absolute atomic E-state index is 0.190. The molecule has 1 amide bonds. The number of para-hydroxylation sites is 1. The molecule has 0 saturated carbocycles. The molecule has 2 aromatic rings. The van der Waals surface area contributed by atoms with E-state index < -0.39 is 5.92 Å². The van der Waals surface area contributed by atoms with Gasteiger partial charge in [-0.15, -0.1) is 23.1 Å². The number of amides is 1. The van der Waals surface area contributed by atoms with Gasteiger partial charge in [0.2, 0.25) is 0 Å². The van der Waals surface area contributed by atoms with Crippen LogP contribution in [0.3, 0.4) is 0 Å². The number of thioether (sulfide) groups is 1. The Balaban J connectivity index is 2.05. The number of allylic oxidation sites excluding steroid dienone is 1. The minimum Gasteiger partial charge on any atom is -0.322 e. The largest absolute Gasteiger partial charge is 0.322 e. The van der Waals surface area contributed by atoms with E-state index in [9.17, 15) is 10.1 Å². The molecule has 0 radical (unpaired) electrons. The van der Waals surface area contributed by atoms with Crippen molar-refractivity contribution in [2.24, 2.45) is 10.9 Å². The van der Waals surface area contributed by atoms with Gasteiger partial charge in [-0.1, -0.05) is 31.2 Å². The van der Waals surface area contributed by atoms with Crippen LogP contribution in [0.2, 0.25) is 0 Å². The number of carbonyl (C=O) groups is 1. The average Bonchev–Trinajstić information content (AvgIpc) is 3.17. The van der Waals surface area contributed by atoms with E-state index in [-0.39, 0.29) is 11.8 Å². The molecule has 138 valence electrons. The van der Waals surface area contributed by atoms with E-state index in [0.29, 0.717) is 11.3 Å². The quantitative estimate of drug-likeness (QED) is 0.758. The molecule has 3 rings (SSSR count). The fourth-order valence-corrected chi connectivity index (χ4v) is 4.95. The van der Waals surface area contributed by atoms with Crippen LogP contribution in [0.25, 0.3) is 0 Å². The number of nitrogens with one attached hydrogen (secondary N) is 1. The van der Waals surface area contributed by atoms with Gasteiger partial charge in [0.1, 0.15) is 5.92 Å². The van der Waals surface area contributed by atoms with Gasteiger partial charge in [0, 0.05) is 27.8 Å². The zero-order valence-corrected chi connectivity index (χ0v) is 17.2. The topological polar surface area (TPSA) is 65.2 Å². The predicted molar refractivity (Wildman–Crippen MR) is 114 cm³/mol. The summed E-state index contributed by atoms with van der Waals surface area (Å²) in [7, 11) is 0. The molecule has 1 aliphatic heterocycles. The number of aliphatic imine (C=N–C) groups is 1. The second-order valence-electron chi connectivity index (χ2n) is 6.25. The molecule has 1 unspecified atom stereocenters. The fourth-order valence-electron chi connectivity index (χ4n) is 3.21. The van der Waals surface area contributed by atoms with E-state index in [4.69, 9.17) is 0 Å². The van der Waals surface area contributed by atoms with Crippen LogP contribution in [0.4, 0.5) is 5.69 Å². The maximum Gasteiger partial charge on any atom is 0.254 e. The van der Waals surface area contributed by atoms with Crippen molar-refractivity contribution in [1.29, 1.82) is 5.26 Å². The van der Waals surface area contributed by atoms with E-state index in [0.717, 1.165) is 26.9 Å². The number of nitrogens with zero attached hydrogens (tertiary/aromatic N) is 2. The predicted octanol–water partition coefficient (Wildman–Crippen LogP) is 5.36. The molecule has 6 heteroatoms. The zero-order chi connectivity index (χ0) is 19.4. The van der Waals surface area contributed by atoms with Crippen LogP contribution >= 0.6 is 23.1 Å². The maximum absolute atomic E-state index is 13.2. The lowest BCUT2D eigenvalue weighted by molar-refractivity contribution is -0.113. The maximum atomic E-state index is 13.2. The van der Waals surface area contributed by atoms with E-state index in [1.54, 1.807) is 23.1 Å². The van der Waals surface area contributed by atoms with E-state index in [1.165, 1.54) is 0 Å². The van der Waals surface area contributed by atoms with Gasteiger partial charge in [-0.2, -0.15) is 5.26 Å². The number of thiophene rings is 1. The Hall–Kier alpha value is -2.36. The summed E-state index contributed by atoms with van der Waals surface area (Å²) in [5.41, 5.74) is 3.03. The van der Waals surface area contributed by atoms with Gasteiger partial charge in [-0.05, 0) is 42.7 Å². The van der Waals surface area contributed by atoms with Gasteiger partial charge in [0.25, 0.3) is 5.91 Å². The number of nitriles is 1. The summed E-state index contributed by atoms with van der Waals surface area (Å²) >= 11 is 3.15. The van der Waals surface area contributed by atoms with Gasteiger partial charge in [0.05, 0.1) is 11.1 Å². The van der Waals surface area contributed by atoms with Gasteiger partial charge in [0.15, 0.2) is 0 Å². The first-order chi connectivity index (χ1) is 13.1. The standard InChI is InChI=1S/C21H21N3OS2/c1-4-26-21-15(12-22)19(17-10-7-11-27-17)18(14(3)23-21)20(25)24-16-9-6-5-8-13(16)2/h5-11,15,19H,4H2,1-3H3,(H,24,25)/t15?,19-/m1/s1. The van der Waals surface area contributed by atoms with Gasteiger partial charge in [-0.25, -0.2) is 4.99 Å². The highest BCUT2D eigenvalue weighted by atomic mass is 32.2. The molecule has 0 fully saturated rings. The molecular formula is C21H21N3OS2. The number of benzene rings is 1. The first kappa shape index (κ1) is 19.4. The molecule has 0 bridgehead atoms. The Morgan fingerprint density at radius 3 is 2.70 bits per heavy atom. The van der Waals surface area contributed by atoms with Gasteiger partial charge in [-0.3, -0.25) is 4.79 Å². The third kappa shape index (κ3) is 4.00. The molecule has 2 atom stereocenters. The normalized spacial score (nSPS) is 19.4. The van der Waals surface area contributed by atoms with Crippen molar-refractivity contribution in [3.8, 4) is 6.07 Å². The summed E-state index contributed by atoms with van der Waals surface area (Å²) in [6.45, 7) is 5.86. The zero-order valence-electron chi connectivity index (χ0n) is 15.5. The van der Waals surface area contributed by atoms with Crippen molar-refractivity contribution >= 4 is 39.7 Å². The number of aryl methyl sites for hydroxylation is 1. The lowest BCUT2D eigenvalue weighted by Crippen LogP contribution is -2.31. The molecule has 1 aromatic heterocycles. The molecule has 0 saturated heterocycles. The van der Waals surface area contributed by atoms with Crippen LogP contribution in [-0.2, 0) is 4.79 Å². The van der Waals surface area contributed by atoms with E-state index in [1.807, 2.05) is 62.5 Å². The number of anilines is 1. The van der Waals surface area contributed by atoms with Crippen molar-refractivity contribution < 1.29 is 4.79 Å². The van der Waals surface area contributed by atoms with Gasteiger partial charge >= 0.3 is 0 Å². The lowest BCUT2D eigenvalue weighted by Gasteiger charge is -2.29. The van der Waals surface area contributed by atoms with Crippen LogP contribution in [0.5, 0.6) is 0 Å². The minimum atomic E-state index is -0.449. The summed E-state index contributed by atoms with van der Waals surface area (Å²) in [6.07, 6.45) is 0. The van der Waals surface area contributed by atoms with Crippen molar-refractivity contribution in [1.82, 2.24) is 0 Å². The van der Waals surface area contributed by atoms with Crippen molar-refractivity contribution in [2.75, 3.05) is 11.1 Å². The Bertz CT molecular complexity index is 939. The van der Waals surface area contributed by atoms with Crippen LogP contribution in [0.15, 0.2) is 58.0 Å². The monoisotopic (exact) mass is 395 g/mol. The molecule has 1 aliphatic rings. The van der Waals surface area contributed by atoms with Crippen LogP contribution in [-0.4, -0.2) is 16.7 Å². The number of hydrogen-bond acceptors (Lipinski definition) is 5. The average molecular weight is 396 g/mol. The first-order valence-electron chi connectivity index (χ1n) is 8.79. The number of rotatable bonds is 4. The summed E-state index contributed by atoms with van der Waals surface area (Å²) in [5, 5.41) is 15.7. The number of hydrogen-bond donors (Lipinski definition) is 1. The third-order valence-electron chi connectivity index (χ3n) is 4.50. The Morgan fingerprint density at radius 2 is 2.07 bits per heavy atom. The SMILES string of the molecule is CCSC1=NC(C)=C(C(=O)Nc2ccccc2C)[C@@H](c2cccs2)C1C#N. The molecule has 0 spiro atoms. The first-order valence-corrected chi connectivity index (χ1v) is 10.7. The van der Waals surface area contributed by atoms with Crippen molar-refractivity contribution in [3.05, 3.63) is 63.5 Å². The summed E-state index contributed by atoms with van der Waals surface area (Å²) in [5.74, 6) is -0.100. The van der Waals surface area contributed by atoms with Crippen LogP contribution in [0, 0.1) is 24.2 Å². The lowest BCUT2D eigenvalue weighted by atomic mass is 9.82. The second kappa shape index (κ2) is 8.55. The summed E-state index contributed by atoms with van der Waals surface area (Å²) < 4.78 is 0. The number of carbonyl (C=O) groups excluding carboxylic acids is 1. The third-order valence-corrected chi connectivity index (χ3v) is 6.38. The van der Waals surface area contributed by atoms with Crippen LogP contribution in [0.1, 0.15) is 30.2 Å². The fraction of sp³-hybridized carbons (Fsp3) is 0.286. The molecular weight excluding hydrogens is 374 g/mol. The smallest absolute Gasteiger partial charge is 0.254 e. The van der Waals surface area contributed by atoms with Crippen molar-refractivity contribution in [3.63, 3.8) is 0 Å². The Morgan fingerprint density at radius 1 is 1.30 bits per heavy atom. The molecule has 2 heterocycles. The molecule has 0 aliphatic carbocycles. The molecule has 1 aromatic carbocycles. The second-order valence-corrected chi connectivity index (χ2v) is 8.51. The van der Waals surface area contributed by atoms with Crippen LogP contribution < -0.4 is 5.32 Å². The van der Waals surface area contributed by atoms with E-state index >= 15 is 0 Å². The summed E-state index contributed by atoms with van der Waals surface area (Å²) in [4.78, 5) is 18.9. The molecule has 27 heavy (non-hydrogen) atoms. The Labute approximate surface area is 168 Å². The molecule has 1 N–H and O–H groups in total. The van der Waals surface area contributed by atoms with Crippen molar-refractivity contribution in [2.45, 2.75) is 26.7 Å². The highest BCUT2D eigenvalue weighted by Gasteiger charge is 2.39. The highest BCUT2D eigenvalue weighted by molar-refractivity contribution is 8.14. The highest BCUT2D eigenvalue weighted by Crippen LogP contribution is 2.43. The summed E-state index contributed by atoms with van der Waals surface area (Å²) in [6, 6.07) is 14.0. The van der Waals surface area contributed by atoms with Gasteiger partial charge < -0.3 is 5.32 Å². The van der Waals surface area contributed by atoms with E-state index in [2.05, 4.69) is 16.4 Å².